The number of nitrogens with one attached hydrogen (secondary N) is 1. The van der Waals surface area contributed by atoms with E-state index >= 15 is 0 Å². The molecule has 0 unspecified atom stereocenters. The van der Waals surface area contributed by atoms with Gasteiger partial charge in [0.15, 0.2) is 0 Å². The van der Waals surface area contributed by atoms with Gasteiger partial charge in [-0.1, -0.05) is 24.3 Å². The third-order valence-electron chi connectivity index (χ3n) is 3.05. The minimum Gasteiger partial charge on any atom is -0.343 e. The molecule has 90 valence electrons. The molecule has 4 nitrogen and oxygen atoms in total. The lowest BCUT2D eigenvalue weighted by Crippen LogP contribution is -2.39. The Morgan fingerprint density at radius 3 is 2.82 bits per heavy atom. The van der Waals surface area contributed by atoms with E-state index in [0.29, 0.717) is 6.54 Å². The summed E-state index contributed by atoms with van der Waals surface area (Å²) in [4.78, 5) is 25.0. The fourth-order valence-electron chi connectivity index (χ4n) is 2.14. The van der Waals surface area contributed by atoms with Crippen LogP contribution in [0.1, 0.15) is 24.1 Å². The molecule has 17 heavy (non-hydrogen) atoms. The maximum Gasteiger partial charge on any atom is 0.249 e. The summed E-state index contributed by atoms with van der Waals surface area (Å²) in [5.74, 6) is -0.237. The van der Waals surface area contributed by atoms with Crippen LogP contribution in [-0.4, -0.2) is 30.3 Å². The molecule has 1 atom stereocenters. The van der Waals surface area contributed by atoms with E-state index in [1.807, 2.05) is 24.3 Å². The topological polar surface area (TPSA) is 49.4 Å². The van der Waals surface area contributed by atoms with Crippen LogP contribution >= 0.6 is 0 Å². The third-order valence-corrected chi connectivity index (χ3v) is 3.05. The lowest BCUT2D eigenvalue weighted by atomic mass is 9.99. The van der Waals surface area contributed by atoms with Gasteiger partial charge in [-0.2, -0.15) is 0 Å². The van der Waals surface area contributed by atoms with E-state index in [2.05, 4.69) is 5.32 Å². The molecular formula is C13H16N2O2. The van der Waals surface area contributed by atoms with Gasteiger partial charge in [0.1, 0.15) is 6.04 Å². The van der Waals surface area contributed by atoms with E-state index in [1.165, 1.54) is 6.92 Å². The van der Waals surface area contributed by atoms with Gasteiger partial charge in [0.25, 0.3) is 0 Å². The second-order valence-corrected chi connectivity index (χ2v) is 4.34. The van der Waals surface area contributed by atoms with Crippen LogP contribution in [0, 0.1) is 0 Å². The molecule has 0 aromatic heterocycles. The molecular weight excluding hydrogens is 216 g/mol. The zero-order valence-corrected chi connectivity index (χ0v) is 10.1. The normalized spacial score (nSPS) is 19.5. The summed E-state index contributed by atoms with van der Waals surface area (Å²) in [6, 6.07) is 7.23. The maximum atomic E-state index is 12.2. The number of carbonyl (C=O) groups is 2. The molecule has 0 aliphatic carbocycles. The fraction of sp³-hybridized carbons (Fsp3) is 0.385. The van der Waals surface area contributed by atoms with Crippen LogP contribution in [0.5, 0.6) is 0 Å². The predicted molar refractivity (Wildman–Crippen MR) is 64.3 cm³/mol. The van der Waals surface area contributed by atoms with Crippen LogP contribution < -0.4 is 5.32 Å². The van der Waals surface area contributed by atoms with Crippen LogP contribution in [-0.2, 0) is 16.0 Å². The van der Waals surface area contributed by atoms with E-state index in [9.17, 15) is 9.59 Å². The third kappa shape index (κ3) is 2.30. The van der Waals surface area contributed by atoms with Crippen LogP contribution in [0.15, 0.2) is 24.3 Å². The standard InChI is InChI=1S/C13H16N2O2/c1-9(16)14-12-11-6-4-3-5-10(11)7-8-15(2)13(12)17/h3-6,12H,7-8H2,1-2H3,(H,14,16)/t12-/m0/s1. The molecule has 0 saturated carbocycles. The molecule has 0 bridgehead atoms. The molecule has 1 aliphatic heterocycles. The summed E-state index contributed by atoms with van der Waals surface area (Å²) in [5, 5.41) is 2.73. The van der Waals surface area contributed by atoms with Gasteiger partial charge < -0.3 is 10.2 Å². The first-order valence-electron chi connectivity index (χ1n) is 5.69. The monoisotopic (exact) mass is 232 g/mol. The van der Waals surface area contributed by atoms with Gasteiger partial charge in [0, 0.05) is 20.5 Å². The molecule has 0 spiro atoms. The fourth-order valence-corrected chi connectivity index (χ4v) is 2.14. The highest BCUT2D eigenvalue weighted by Gasteiger charge is 2.29. The van der Waals surface area contributed by atoms with E-state index < -0.39 is 6.04 Å². The molecule has 2 amide bonds. The van der Waals surface area contributed by atoms with Gasteiger partial charge in [-0.3, -0.25) is 9.59 Å². The van der Waals surface area contributed by atoms with Crippen molar-refractivity contribution in [2.75, 3.05) is 13.6 Å². The van der Waals surface area contributed by atoms with Crippen LogP contribution in [0.2, 0.25) is 0 Å². The first-order valence-corrected chi connectivity index (χ1v) is 5.69. The Kier molecular flexibility index (Phi) is 3.13. The molecule has 1 aliphatic rings. The quantitative estimate of drug-likeness (QED) is 0.781. The first kappa shape index (κ1) is 11.6. The van der Waals surface area contributed by atoms with Gasteiger partial charge in [0.2, 0.25) is 11.8 Å². The van der Waals surface area contributed by atoms with E-state index in [4.69, 9.17) is 0 Å². The molecule has 0 saturated heterocycles. The number of rotatable bonds is 1. The smallest absolute Gasteiger partial charge is 0.249 e. The summed E-state index contributed by atoms with van der Waals surface area (Å²) in [5.41, 5.74) is 2.04. The molecule has 1 aromatic rings. The summed E-state index contributed by atoms with van der Waals surface area (Å²) in [7, 11) is 1.77. The van der Waals surface area contributed by atoms with E-state index in [1.54, 1.807) is 11.9 Å². The zero-order chi connectivity index (χ0) is 12.4. The Labute approximate surface area is 101 Å². The van der Waals surface area contributed by atoms with Crippen molar-refractivity contribution in [3.8, 4) is 0 Å². The number of benzene rings is 1. The molecule has 2 rings (SSSR count). The minimum atomic E-state index is -0.545. The van der Waals surface area contributed by atoms with Gasteiger partial charge in [-0.15, -0.1) is 0 Å². The maximum absolute atomic E-state index is 12.2. The Morgan fingerprint density at radius 2 is 2.12 bits per heavy atom. The van der Waals surface area contributed by atoms with Crippen LogP contribution in [0.3, 0.4) is 0 Å². The Balaban J connectivity index is 2.43. The molecule has 1 heterocycles. The van der Waals surface area contributed by atoms with Crippen molar-refractivity contribution in [1.82, 2.24) is 10.2 Å². The van der Waals surface area contributed by atoms with Crippen molar-refractivity contribution in [3.05, 3.63) is 35.4 Å². The minimum absolute atomic E-state index is 0.0508. The van der Waals surface area contributed by atoms with E-state index in [-0.39, 0.29) is 11.8 Å². The number of amides is 2. The Hall–Kier alpha value is -1.84. The van der Waals surface area contributed by atoms with Crippen molar-refractivity contribution < 1.29 is 9.59 Å². The van der Waals surface area contributed by atoms with Gasteiger partial charge in [-0.05, 0) is 17.5 Å². The zero-order valence-electron chi connectivity index (χ0n) is 10.1. The van der Waals surface area contributed by atoms with Crippen LogP contribution in [0.4, 0.5) is 0 Å². The number of fused-ring (bicyclic) bond motifs is 1. The second-order valence-electron chi connectivity index (χ2n) is 4.34. The van der Waals surface area contributed by atoms with Crippen LogP contribution in [0.25, 0.3) is 0 Å². The molecule has 4 heteroatoms. The lowest BCUT2D eigenvalue weighted by Gasteiger charge is -2.21. The SMILES string of the molecule is CC(=O)N[C@@H]1C(=O)N(C)CCc2ccccc21. The molecule has 1 N–H and O–H groups in total. The van der Waals surface area contributed by atoms with E-state index in [0.717, 1.165) is 17.5 Å². The Bertz CT molecular complexity index is 456. The van der Waals surface area contributed by atoms with Crippen molar-refractivity contribution in [2.45, 2.75) is 19.4 Å². The molecule has 0 radical (unpaired) electrons. The average Bonchev–Trinajstić information content (AvgIpc) is 2.42. The highest BCUT2D eigenvalue weighted by Crippen LogP contribution is 2.23. The number of carbonyl (C=O) groups excluding carboxylic acids is 2. The van der Waals surface area contributed by atoms with Gasteiger partial charge in [0.05, 0.1) is 0 Å². The highest BCUT2D eigenvalue weighted by molar-refractivity contribution is 5.88. The van der Waals surface area contributed by atoms with Crippen molar-refractivity contribution in [2.24, 2.45) is 0 Å². The van der Waals surface area contributed by atoms with Crippen molar-refractivity contribution >= 4 is 11.8 Å². The summed E-state index contributed by atoms with van der Waals surface area (Å²) < 4.78 is 0. The predicted octanol–water partition coefficient (Wildman–Crippen LogP) is 0.878. The van der Waals surface area contributed by atoms with Crippen molar-refractivity contribution in [1.29, 1.82) is 0 Å². The van der Waals surface area contributed by atoms with Gasteiger partial charge >= 0.3 is 0 Å². The molecule has 0 fully saturated rings. The summed E-state index contributed by atoms with van der Waals surface area (Å²) >= 11 is 0. The first-order chi connectivity index (χ1) is 8.09. The summed E-state index contributed by atoms with van der Waals surface area (Å²) in [6.45, 7) is 2.12. The van der Waals surface area contributed by atoms with Crippen molar-refractivity contribution in [3.63, 3.8) is 0 Å². The summed E-state index contributed by atoms with van der Waals surface area (Å²) in [6.07, 6.45) is 0.828. The average molecular weight is 232 g/mol. The number of nitrogens with zero attached hydrogens (tertiary/aromatic N) is 1. The lowest BCUT2D eigenvalue weighted by molar-refractivity contribution is -0.134. The second kappa shape index (κ2) is 4.57. The number of hydrogen-bond acceptors (Lipinski definition) is 2. The molecule has 1 aromatic carbocycles. The highest BCUT2D eigenvalue weighted by atomic mass is 16.2. The van der Waals surface area contributed by atoms with Gasteiger partial charge in [-0.25, -0.2) is 0 Å². The Morgan fingerprint density at radius 1 is 1.41 bits per heavy atom. The largest absolute Gasteiger partial charge is 0.343 e. The number of likely N-dealkylation sites (N-methyl/N-ethyl adjacent to an activating group) is 1. The number of hydrogen-bond donors (Lipinski definition) is 1.